The number of halogens is 1. The summed E-state index contributed by atoms with van der Waals surface area (Å²) in [6, 6.07) is 5.32. The third kappa shape index (κ3) is 4.27. The van der Waals surface area contributed by atoms with E-state index in [1.165, 1.54) is 4.90 Å². The van der Waals surface area contributed by atoms with E-state index in [4.69, 9.17) is 4.74 Å². The number of anilines is 1. The number of para-hydroxylation sites is 1. The van der Waals surface area contributed by atoms with Crippen molar-refractivity contribution in [3.05, 3.63) is 30.4 Å². The molecule has 1 aromatic carbocycles. The highest BCUT2D eigenvalue weighted by atomic mass is 35.5. The average molecular weight is 436 g/mol. The molecule has 2 atom stereocenters. The summed E-state index contributed by atoms with van der Waals surface area (Å²) in [5, 5.41) is 10.2. The highest BCUT2D eigenvalue weighted by Crippen LogP contribution is 2.37. The number of fused-ring (bicyclic) bond motifs is 1. The number of phenols is 1. The van der Waals surface area contributed by atoms with Gasteiger partial charge >= 0.3 is 0 Å². The molecule has 164 valence electrons. The second-order valence-corrected chi connectivity index (χ2v) is 7.99. The van der Waals surface area contributed by atoms with E-state index in [9.17, 15) is 14.7 Å². The van der Waals surface area contributed by atoms with E-state index >= 15 is 0 Å². The number of carbonyl (C=O) groups is 2. The van der Waals surface area contributed by atoms with Gasteiger partial charge in [0.1, 0.15) is 17.2 Å². The summed E-state index contributed by atoms with van der Waals surface area (Å²) >= 11 is 0. The van der Waals surface area contributed by atoms with Crippen LogP contribution in [-0.4, -0.2) is 73.1 Å². The number of benzene rings is 1. The number of aromatic hydroxyl groups is 1. The minimum absolute atomic E-state index is 0. The van der Waals surface area contributed by atoms with Crippen LogP contribution in [0.15, 0.2) is 30.4 Å². The zero-order valence-corrected chi connectivity index (χ0v) is 18.1. The van der Waals surface area contributed by atoms with Crippen molar-refractivity contribution in [1.82, 2.24) is 9.80 Å². The first-order valence-corrected chi connectivity index (χ1v) is 10.4. The van der Waals surface area contributed by atoms with E-state index in [1.54, 1.807) is 19.2 Å². The SMILES string of the molecule is COc1cccc(O)c1N1CCN(CCCN2C(=O)C3CC=CCC3C2=O)CC1.Cl. The Hall–Kier alpha value is -2.25. The molecule has 7 nitrogen and oxygen atoms in total. The van der Waals surface area contributed by atoms with Crippen LogP contribution in [0.3, 0.4) is 0 Å². The summed E-state index contributed by atoms with van der Waals surface area (Å²) in [7, 11) is 1.61. The van der Waals surface area contributed by atoms with Crippen LogP contribution in [0.2, 0.25) is 0 Å². The first-order chi connectivity index (χ1) is 14.1. The lowest BCUT2D eigenvalue weighted by Gasteiger charge is -2.37. The number of rotatable bonds is 6. The lowest BCUT2D eigenvalue weighted by molar-refractivity contribution is -0.140. The van der Waals surface area contributed by atoms with Gasteiger partial charge < -0.3 is 14.7 Å². The van der Waals surface area contributed by atoms with Crippen LogP contribution < -0.4 is 9.64 Å². The Morgan fingerprint density at radius 1 is 1.00 bits per heavy atom. The van der Waals surface area contributed by atoms with Crippen LogP contribution in [0, 0.1) is 11.8 Å². The Bertz CT molecular complexity index is 782. The third-order valence-corrected chi connectivity index (χ3v) is 6.34. The van der Waals surface area contributed by atoms with E-state index in [0.717, 1.165) is 44.8 Å². The molecule has 0 radical (unpaired) electrons. The Kier molecular flexibility index (Phi) is 7.26. The molecule has 8 heteroatoms. The molecule has 2 fully saturated rings. The van der Waals surface area contributed by atoms with E-state index < -0.39 is 0 Å². The molecule has 0 bridgehead atoms. The van der Waals surface area contributed by atoms with Crippen molar-refractivity contribution in [2.24, 2.45) is 11.8 Å². The number of likely N-dealkylation sites (tertiary alicyclic amines) is 1. The van der Waals surface area contributed by atoms with Crippen LogP contribution in [0.25, 0.3) is 0 Å². The number of hydrogen-bond acceptors (Lipinski definition) is 6. The van der Waals surface area contributed by atoms with Gasteiger partial charge in [-0.25, -0.2) is 0 Å². The summed E-state index contributed by atoms with van der Waals surface area (Å²) in [6.45, 7) is 4.70. The van der Waals surface area contributed by atoms with Gasteiger partial charge in [0, 0.05) is 32.7 Å². The predicted molar refractivity (Wildman–Crippen MR) is 117 cm³/mol. The van der Waals surface area contributed by atoms with Gasteiger partial charge in [-0.1, -0.05) is 18.2 Å². The van der Waals surface area contributed by atoms with Gasteiger partial charge in [0.15, 0.2) is 0 Å². The Balaban J connectivity index is 0.00000256. The summed E-state index contributed by atoms with van der Waals surface area (Å²) in [5.41, 5.74) is 0.749. The number of amides is 2. The number of methoxy groups -OCH3 is 1. The Morgan fingerprint density at radius 2 is 1.63 bits per heavy atom. The minimum Gasteiger partial charge on any atom is -0.506 e. The van der Waals surface area contributed by atoms with Gasteiger partial charge in [-0.05, 0) is 37.9 Å². The highest BCUT2D eigenvalue weighted by Gasteiger charge is 2.46. The maximum Gasteiger partial charge on any atom is 0.233 e. The lowest BCUT2D eigenvalue weighted by Crippen LogP contribution is -2.47. The largest absolute Gasteiger partial charge is 0.506 e. The number of phenolic OH excluding ortho intramolecular Hbond substituents is 1. The molecule has 2 unspecified atom stereocenters. The zero-order chi connectivity index (χ0) is 20.4. The third-order valence-electron chi connectivity index (χ3n) is 6.34. The fourth-order valence-corrected chi connectivity index (χ4v) is 4.73. The molecule has 0 aromatic heterocycles. The molecular formula is C22H30ClN3O4. The molecule has 2 saturated heterocycles. The van der Waals surface area contributed by atoms with E-state index in [0.29, 0.717) is 25.1 Å². The maximum atomic E-state index is 12.5. The molecule has 1 aromatic rings. The second-order valence-electron chi connectivity index (χ2n) is 7.99. The van der Waals surface area contributed by atoms with Crippen molar-refractivity contribution in [3.8, 4) is 11.5 Å². The Morgan fingerprint density at radius 3 is 2.23 bits per heavy atom. The average Bonchev–Trinajstić information content (AvgIpc) is 2.99. The van der Waals surface area contributed by atoms with E-state index in [2.05, 4.69) is 9.80 Å². The van der Waals surface area contributed by atoms with Crippen LogP contribution in [0.1, 0.15) is 19.3 Å². The van der Waals surface area contributed by atoms with Gasteiger partial charge in [-0.2, -0.15) is 0 Å². The molecule has 4 rings (SSSR count). The lowest BCUT2D eigenvalue weighted by atomic mass is 9.85. The van der Waals surface area contributed by atoms with Crippen molar-refractivity contribution in [2.45, 2.75) is 19.3 Å². The van der Waals surface area contributed by atoms with Crippen LogP contribution >= 0.6 is 12.4 Å². The fraction of sp³-hybridized carbons (Fsp3) is 0.545. The van der Waals surface area contributed by atoms with Crippen molar-refractivity contribution in [2.75, 3.05) is 51.3 Å². The maximum absolute atomic E-state index is 12.5. The van der Waals surface area contributed by atoms with Crippen molar-refractivity contribution < 1.29 is 19.4 Å². The normalized spacial score (nSPS) is 24.0. The first-order valence-electron chi connectivity index (χ1n) is 10.4. The fourth-order valence-electron chi connectivity index (χ4n) is 4.73. The number of hydrogen-bond donors (Lipinski definition) is 1. The smallest absolute Gasteiger partial charge is 0.233 e. The first kappa shape index (κ1) is 22.4. The number of allylic oxidation sites excluding steroid dienone is 2. The molecule has 30 heavy (non-hydrogen) atoms. The molecule has 2 amide bonds. The number of piperazine rings is 1. The number of carbonyl (C=O) groups excluding carboxylic acids is 2. The van der Waals surface area contributed by atoms with Crippen molar-refractivity contribution >= 4 is 29.9 Å². The molecule has 2 heterocycles. The zero-order valence-electron chi connectivity index (χ0n) is 17.3. The molecule has 1 aliphatic carbocycles. The topological polar surface area (TPSA) is 73.3 Å². The molecule has 3 aliphatic rings. The number of ether oxygens (including phenoxy) is 1. The minimum atomic E-state index is -0.135. The van der Waals surface area contributed by atoms with Crippen molar-refractivity contribution in [1.29, 1.82) is 0 Å². The highest BCUT2D eigenvalue weighted by molar-refractivity contribution is 6.05. The summed E-state index contributed by atoms with van der Waals surface area (Å²) < 4.78 is 5.40. The summed E-state index contributed by atoms with van der Waals surface area (Å²) in [5.74, 6) is 0.677. The second kappa shape index (κ2) is 9.71. The Labute approximate surface area is 183 Å². The van der Waals surface area contributed by atoms with Crippen LogP contribution in [-0.2, 0) is 9.59 Å². The van der Waals surface area contributed by atoms with Crippen molar-refractivity contribution in [3.63, 3.8) is 0 Å². The molecular weight excluding hydrogens is 406 g/mol. The van der Waals surface area contributed by atoms with E-state index in [1.807, 2.05) is 18.2 Å². The summed E-state index contributed by atoms with van der Waals surface area (Å²) in [4.78, 5) is 31.1. The molecule has 0 spiro atoms. The van der Waals surface area contributed by atoms with Gasteiger partial charge in [0.2, 0.25) is 11.8 Å². The number of imide groups is 1. The standard InChI is InChI=1S/C22H29N3O4.ClH/c1-29-19-9-4-8-18(26)20(19)24-14-12-23(13-15-24)10-5-11-25-21(27)16-6-2-3-7-17(16)22(25)28;/h2-4,8-9,16-17,26H,5-7,10-15H2,1H3;1H. The van der Waals surface area contributed by atoms with Gasteiger partial charge in [-0.3, -0.25) is 19.4 Å². The van der Waals surface area contributed by atoms with Crippen LogP contribution in [0.4, 0.5) is 5.69 Å². The van der Waals surface area contributed by atoms with Gasteiger partial charge in [0.25, 0.3) is 0 Å². The van der Waals surface area contributed by atoms with Gasteiger partial charge in [-0.15, -0.1) is 12.4 Å². The monoisotopic (exact) mass is 435 g/mol. The number of nitrogens with zero attached hydrogens (tertiary/aromatic N) is 3. The van der Waals surface area contributed by atoms with Gasteiger partial charge in [0.05, 0.1) is 18.9 Å². The molecule has 1 N–H and O–H groups in total. The van der Waals surface area contributed by atoms with Crippen LogP contribution in [0.5, 0.6) is 11.5 Å². The quantitative estimate of drug-likeness (QED) is 0.546. The molecule has 2 aliphatic heterocycles. The van der Waals surface area contributed by atoms with E-state index in [-0.39, 0.29) is 41.8 Å². The summed E-state index contributed by atoms with van der Waals surface area (Å²) in [6.07, 6.45) is 6.24. The predicted octanol–water partition coefficient (Wildman–Crippen LogP) is 2.29. The molecule has 0 saturated carbocycles.